The van der Waals surface area contributed by atoms with Gasteiger partial charge in [0.1, 0.15) is 5.75 Å². The van der Waals surface area contributed by atoms with Crippen LogP contribution in [0, 0.1) is 0 Å². The lowest BCUT2D eigenvalue weighted by atomic mass is 10.2. The molecule has 116 valence electrons. The van der Waals surface area contributed by atoms with Gasteiger partial charge in [-0.1, -0.05) is 0 Å². The molecule has 0 aliphatic rings. The molecule has 0 fully saturated rings. The molecule has 1 rings (SSSR count). The number of amides is 2. The standard InChI is InChI=1S/C13H18N2O6/c1-21-7-5-15(4-6-16)13(20)14-10-3-2-9(12(18)19)8-11(10)17/h2-3,8,16-17H,4-7H2,1H3,(H,14,20)(H,18,19). The molecule has 1 aromatic carbocycles. The number of hydrogen-bond donors (Lipinski definition) is 4. The molecular weight excluding hydrogens is 280 g/mol. The Balaban J connectivity index is 2.78. The van der Waals surface area contributed by atoms with E-state index in [1.165, 1.54) is 24.1 Å². The van der Waals surface area contributed by atoms with Crippen molar-refractivity contribution in [2.45, 2.75) is 0 Å². The Morgan fingerprint density at radius 2 is 2.05 bits per heavy atom. The maximum atomic E-state index is 12.0. The Hall–Kier alpha value is -2.32. The highest BCUT2D eigenvalue weighted by Gasteiger charge is 2.15. The monoisotopic (exact) mass is 298 g/mol. The largest absolute Gasteiger partial charge is 0.506 e. The summed E-state index contributed by atoms with van der Waals surface area (Å²) in [6.45, 7) is 0.485. The summed E-state index contributed by atoms with van der Waals surface area (Å²) in [5.74, 6) is -1.52. The number of aliphatic hydroxyl groups is 1. The van der Waals surface area contributed by atoms with E-state index < -0.39 is 12.0 Å². The molecule has 8 heteroatoms. The Morgan fingerprint density at radius 3 is 2.57 bits per heavy atom. The summed E-state index contributed by atoms with van der Waals surface area (Å²) >= 11 is 0. The van der Waals surface area contributed by atoms with Gasteiger partial charge in [0.05, 0.1) is 24.5 Å². The van der Waals surface area contributed by atoms with Crippen molar-refractivity contribution in [1.82, 2.24) is 4.90 Å². The van der Waals surface area contributed by atoms with Crippen molar-refractivity contribution in [1.29, 1.82) is 0 Å². The molecule has 21 heavy (non-hydrogen) atoms. The number of ether oxygens (including phenoxy) is 1. The minimum Gasteiger partial charge on any atom is -0.506 e. The predicted octanol–water partition coefficient (Wildman–Crippen LogP) is 0.563. The van der Waals surface area contributed by atoms with Gasteiger partial charge in [-0.3, -0.25) is 0 Å². The van der Waals surface area contributed by atoms with Crippen LogP contribution in [0.5, 0.6) is 5.75 Å². The Morgan fingerprint density at radius 1 is 1.33 bits per heavy atom. The van der Waals surface area contributed by atoms with Crippen LogP contribution in [-0.4, -0.2) is 65.6 Å². The molecule has 0 spiro atoms. The summed E-state index contributed by atoms with van der Waals surface area (Å²) in [6, 6.07) is 3.08. The first-order valence-corrected chi connectivity index (χ1v) is 6.21. The normalized spacial score (nSPS) is 10.2. The number of benzene rings is 1. The Bertz CT molecular complexity index is 505. The fourth-order valence-electron chi connectivity index (χ4n) is 1.60. The number of phenols is 1. The molecule has 0 saturated heterocycles. The number of phenolic OH excluding ortho intramolecular Hbond substituents is 1. The summed E-state index contributed by atoms with van der Waals surface area (Å²) < 4.78 is 4.87. The molecular formula is C13H18N2O6. The van der Waals surface area contributed by atoms with Crippen molar-refractivity contribution >= 4 is 17.7 Å². The minimum absolute atomic E-state index is 0.0860. The highest BCUT2D eigenvalue weighted by Crippen LogP contribution is 2.24. The third kappa shape index (κ3) is 4.93. The second-order valence-corrected chi connectivity index (χ2v) is 4.17. The molecule has 0 bridgehead atoms. The predicted molar refractivity (Wildman–Crippen MR) is 74.6 cm³/mol. The molecule has 0 aromatic heterocycles. The van der Waals surface area contributed by atoms with E-state index >= 15 is 0 Å². The van der Waals surface area contributed by atoms with E-state index in [2.05, 4.69) is 5.32 Å². The fourth-order valence-corrected chi connectivity index (χ4v) is 1.60. The van der Waals surface area contributed by atoms with Gasteiger partial charge < -0.3 is 30.3 Å². The Labute approximate surface area is 121 Å². The van der Waals surface area contributed by atoms with Crippen LogP contribution < -0.4 is 5.32 Å². The van der Waals surface area contributed by atoms with E-state index in [0.717, 1.165) is 6.07 Å². The molecule has 0 saturated carbocycles. The number of aromatic hydroxyl groups is 1. The van der Waals surface area contributed by atoms with Gasteiger partial charge >= 0.3 is 12.0 Å². The number of hydrogen-bond acceptors (Lipinski definition) is 5. The zero-order chi connectivity index (χ0) is 15.8. The second kappa shape index (κ2) is 8.08. The number of aliphatic hydroxyl groups excluding tert-OH is 1. The number of nitrogens with zero attached hydrogens (tertiary/aromatic N) is 1. The molecule has 0 heterocycles. The zero-order valence-corrected chi connectivity index (χ0v) is 11.6. The Kier molecular flexibility index (Phi) is 6.44. The molecule has 0 aliphatic heterocycles. The molecule has 0 unspecified atom stereocenters. The number of carbonyl (C=O) groups excluding carboxylic acids is 1. The van der Waals surface area contributed by atoms with Gasteiger partial charge in [-0.2, -0.15) is 0 Å². The van der Waals surface area contributed by atoms with Crippen LogP contribution in [-0.2, 0) is 4.74 Å². The topological polar surface area (TPSA) is 119 Å². The van der Waals surface area contributed by atoms with Gasteiger partial charge in [0.25, 0.3) is 0 Å². The van der Waals surface area contributed by atoms with Gasteiger partial charge in [0.2, 0.25) is 0 Å². The average Bonchev–Trinajstić information content (AvgIpc) is 2.45. The lowest BCUT2D eigenvalue weighted by Crippen LogP contribution is -2.39. The molecule has 0 radical (unpaired) electrons. The number of carbonyl (C=O) groups is 2. The van der Waals surface area contributed by atoms with Crippen LogP contribution in [0.4, 0.5) is 10.5 Å². The van der Waals surface area contributed by atoms with Crippen molar-refractivity contribution in [2.75, 3.05) is 38.7 Å². The van der Waals surface area contributed by atoms with Crippen molar-refractivity contribution in [2.24, 2.45) is 0 Å². The quantitative estimate of drug-likeness (QED) is 0.546. The lowest BCUT2D eigenvalue weighted by Gasteiger charge is -2.22. The van der Waals surface area contributed by atoms with Gasteiger partial charge in [-0.25, -0.2) is 9.59 Å². The van der Waals surface area contributed by atoms with Crippen LogP contribution in [0.1, 0.15) is 10.4 Å². The van der Waals surface area contributed by atoms with Gasteiger partial charge in [0.15, 0.2) is 0 Å². The number of aromatic carboxylic acids is 1. The van der Waals surface area contributed by atoms with E-state index in [1.54, 1.807) is 0 Å². The van der Waals surface area contributed by atoms with Crippen LogP contribution in [0.3, 0.4) is 0 Å². The fraction of sp³-hybridized carbons (Fsp3) is 0.385. The van der Waals surface area contributed by atoms with Crippen LogP contribution in [0.25, 0.3) is 0 Å². The van der Waals surface area contributed by atoms with Gasteiger partial charge in [0, 0.05) is 20.2 Å². The van der Waals surface area contributed by atoms with Gasteiger partial charge in [-0.15, -0.1) is 0 Å². The van der Waals surface area contributed by atoms with Crippen LogP contribution in [0.15, 0.2) is 18.2 Å². The van der Waals surface area contributed by atoms with Crippen molar-refractivity contribution in [3.63, 3.8) is 0 Å². The summed E-state index contributed by atoms with van der Waals surface area (Å²) in [5, 5.41) is 29.9. The van der Waals surface area contributed by atoms with Crippen molar-refractivity contribution < 1.29 is 29.6 Å². The summed E-state index contributed by atoms with van der Waals surface area (Å²) in [4.78, 5) is 24.1. The van der Waals surface area contributed by atoms with E-state index in [9.17, 15) is 14.7 Å². The third-order valence-corrected chi connectivity index (χ3v) is 2.71. The third-order valence-electron chi connectivity index (χ3n) is 2.71. The molecule has 2 amide bonds. The van der Waals surface area contributed by atoms with E-state index in [0.29, 0.717) is 6.61 Å². The smallest absolute Gasteiger partial charge is 0.335 e. The molecule has 1 aromatic rings. The summed E-state index contributed by atoms with van der Waals surface area (Å²) in [5.41, 5.74) is 0.00227. The maximum Gasteiger partial charge on any atom is 0.335 e. The number of carboxylic acids is 1. The first kappa shape index (κ1) is 16.7. The number of methoxy groups -OCH3 is 1. The first-order chi connectivity index (χ1) is 9.99. The second-order valence-electron chi connectivity index (χ2n) is 4.17. The SMILES string of the molecule is COCCN(CCO)C(=O)Nc1ccc(C(=O)O)cc1O. The van der Waals surface area contributed by atoms with Crippen LogP contribution in [0.2, 0.25) is 0 Å². The molecule has 0 atom stereocenters. The van der Waals surface area contributed by atoms with Gasteiger partial charge in [-0.05, 0) is 18.2 Å². The number of rotatable bonds is 7. The number of anilines is 1. The molecule has 0 aliphatic carbocycles. The number of carboxylic acid groups (broad SMARTS) is 1. The van der Waals surface area contributed by atoms with E-state index in [4.69, 9.17) is 14.9 Å². The first-order valence-electron chi connectivity index (χ1n) is 6.21. The van der Waals surface area contributed by atoms with Crippen molar-refractivity contribution in [3.05, 3.63) is 23.8 Å². The van der Waals surface area contributed by atoms with E-state index in [1.807, 2.05) is 0 Å². The van der Waals surface area contributed by atoms with Crippen LogP contribution >= 0.6 is 0 Å². The number of urea groups is 1. The molecule has 8 nitrogen and oxygen atoms in total. The average molecular weight is 298 g/mol. The van der Waals surface area contributed by atoms with Crippen molar-refractivity contribution in [3.8, 4) is 5.75 Å². The summed E-state index contributed by atoms with van der Waals surface area (Å²) in [7, 11) is 1.49. The number of nitrogens with one attached hydrogen (secondary N) is 1. The zero-order valence-electron chi connectivity index (χ0n) is 11.6. The highest BCUT2D eigenvalue weighted by atomic mass is 16.5. The van der Waals surface area contributed by atoms with E-state index in [-0.39, 0.29) is 36.7 Å². The minimum atomic E-state index is -1.18. The lowest BCUT2D eigenvalue weighted by molar-refractivity contribution is 0.0696. The summed E-state index contributed by atoms with van der Waals surface area (Å²) in [6.07, 6.45) is 0. The maximum absolute atomic E-state index is 12.0. The molecule has 4 N–H and O–H groups in total. The highest BCUT2D eigenvalue weighted by molar-refractivity contribution is 5.93.